The van der Waals surface area contributed by atoms with Gasteiger partial charge in [0, 0.05) is 45.5 Å². The first-order valence-electron chi connectivity index (χ1n) is 9.17. The second-order valence-electron chi connectivity index (χ2n) is 6.70. The lowest BCUT2D eigenvalue weighted by molar-refractivity contribution is 0.240. The highest BCUT2D eigenvalue weighted by Gasteiger charge is 2.14. The first-order valence-corrected chi connectivity index (χ1v) is 9.17. The number of aromatic nitrogens is 1. The maximum absolute atomic E-state index is 12.0. The van der Waals surface area contributed by atoms with Gasteiger partial charge in [0.2, 0.25) is 0 Å². The number of amides is 2. The number of likely N-dealkylation sites (N-methyl/N-ethyl adjacent to an activating group) is 1. The van der Waals surface area contributed by atoms with Crippen LogP contribution >= 0.6 is 0 Å². The van der Waals surface area contributed by atoms with Gasteiger partial charge in [0.1, 0.15) is 11.6 Å². The normalized spacial score (nSPS) is 14.7. The molecule has 144 valence electrons. The van der Waals surface area contributed by atoms with Gasteiger partial charge in [-0.1, -0.05) is 18.2 Å². The van der Waals surface area contributed by atoms with Gasteiger partial charge in [-0.3, -0.25) is 0 Å². The van der Waals surface area contributed by atoms with Crippen LogP contribution in [0.1, 0.15) is 11.1 Å². The zero-order valence-corrected chi connectivity index (χ0v) is 15.9. The van der Waals surface area contributed by atoms with Crippen molar-refractivity contribution in [2.24, 2.45) is 0 Å². The van der Waals surface area contributed by atoms with E-state index in [1.165, 1.54) is 0 Å². The van der Waals surface area contributed by atoms with Crippen LogP contribution in [0.3, 0.4) is 0 Å². The van der Waals surface area contributed by atoms with Crippen LogP contribution in [-0.2, 0) is 13.1 Å². The van der Waals surface area contributed by atoms with Crippen LogP contribution in [0, 0.1) is 0 Å². The average Bonchev–Trinajstić information content (AvgIpc) is 2.72. The highest BCUT2D eigenvalue weighted by atomic mass is 16.5. The number of carbonyl (C=O) groups is 1. The fraction of sp³-hybridized carbons (Fsp3) is 0.400. The Morgan fingerprint density at radius 3 is 2.22 bits per heavy atom. The van der Waals surface area contributed by atoms with Crippen molar-refractivity contribution >= 4 is 11.8 Å². The van der Waals surface area contributed by atoms with Gasteiger partial charge in [0.05, 0.1) is 7.11 Å². The fourth-order valence-electron chi connectivity index (χ4n) is 2.91. The number of rotatable bonds is 6. The van der Waals surface area contributed by atoms with Gasteiger partial charge >= 0.3 is 6.03 Å². The Morgan fingerprint density at radius 2 is 1.63 bits per heavy atom. The van der Waals surface area contributed by atoms with E-state index in [2.05, 4.69) is 32.5 Å². The van der Waals surface area contributed by atoms with Crippen molar-refractivity contribution in [1.82, 2.24) is 20.5 Å². The van der Waals surface area contributed by atoms with E-state index in [0.717, 1.165) is 48.9 Å². The number of urea groups is 1. The molecular weight excluding hydrogens is 342 g/mol. The second-order valence-corrected chi connectivity index (χ2v) is 6.70. The van der Waals surface area contributed by atoms with E-state index < -0.39 is 0 Å². The monoisotopic (exact) mass is 369 g/mol. The van der Waals surface area contributed by atoms with E-state index in [0.29, 0.717) is 13.1 Å². The smallest absolute Gasteiger partial charge is 0.315 e. The fourth-order valence-corrected chi connectivity index (χ4v) is 2.91. The molecule has 2 heterocycles. The van der Waals surface area contributed by atoms with E-state index in [4.69, 9.17) is 4.74 Å². The Hall–Kier alpha value is -2.80. The molecule has 0 saturated carbocycles. The Kier molecular flexibility index (Phi) is 6.49. The van der Waals surface area contributed by atoms with Gasteiger partial charge in [-0.25, -0.2) is 9.78 Å². The molecule has 2 N–H and O–H groups in total. The molecule has 7 nitrogen and oxygen atoms in total. The number of methoxy groups -OCH3 is 1. The lowest BCUT2D eigenvalue weighted by atomic mass is 10.2. The number of benzene rings is 1. The highest BCUT2D eigenvalue weighted by molar-refractivity contribution is 5.73. The molecule has 0 radical (unpaired) electrons. The van der Waals surface area contributed by atoms with Crippen LogP contribution < -0.4 is 20.3 Å². The van der Waals surface area contributed by atoms with Crippen molar-refractivity contribution < 1.29 is 9.53 Å². The molecule has 1 aromatic carbocycles. The molecule has 1 aliphatic heterocycles. The van der Waals surface area contributed by atoms with E-state index in [9.17, 15) is 4.79 Å². The average molecular weight is 369 g/mol. The third-order valence-corrected chi connectivity index (χ3v) is 4.70. The summed E-state index contributed by atoms with van der Waals surface area (Å²) in [5.74, 6) is 1.80. The maximum Gasteiger partial charge on any atom is 0.315 e. The molecule has 1 aromatic heterocycles. The molecule has 1 fully saturated rings. The highest BCUT2D eigenvalue weighted by Crippen LogP contribution is 2.13. The van der Waals surface area contributed by atoms with Crippen molar-refractivity contribution in [3.8, 4) is 5.75 Å². The van der Waals surface area contributed by atoms with Crippen LogP contribution in [0.4, 0.5) is 10.6 Å². The SMILES string of the molecule is COc1ccc(CNC(=O)NCc2ccc(N3CCN(C)CC3)nc2)cc1. The minimum atomic E-state index is -0.200. The topological polar surface area (TPSA) is 69.7 Å². The summed E-state index contributed by atoms with van der Waals surface area (Å²) >= 11 is 0. The third kappa shape index (κ3) is 5.59. The zero-order valence-electron chi connectivity index (χ0n) is 15.9. The number of nitrogens with zero attached hydrogens (tertiary/aromatic N) is 3. The molecule has 0 spiro atoms. The van der Waals surface area contributed by atoms with Crippen molar-refractivity contribution in [3.05, 3.63) is 53.7 Å². The largest absolute Gasteiger partial charge is 0.497 e. The Morgan fingerprint density at radius 1 is 1.00 bits per heavy atom. The first kappa shape index (κ1) is 19.0. The summed E-state index contributed by atoms with van der Waals surface area (Å²) in [4.78, 5) is 21.1. The van der Waals surface area contributed by atoms with Gasteiger partial charge in [-0.15, -0.1) is 0 Å². The zero-order chi connectivity index (χ0) is 19.1. The van der Waals surface area contributed by atoms with Gasteiger partial charge in [0.15, 0.2) is 0 Å². The standard InChI is InChI=1S/C20H27N5O2/c1-24-9-11-25(12-10-24)19-8-5-17(14-21-19)15-23-20(26)22-13-16-3-6-18(27-2)7-4-16/h3-8,14H,9-13,15H2,1-2H3,(H2,22,23,26). The number of pyridine rings is 1. The Balaban J connectivity index is 1.41. The van der Waals surface area contributed by atoms with Crippen molar-refractivity contribution in [2.45, 2.75) is 13.1 Å². The summed E-state index contributed by atoms with van der Waals surface area (Å²) in [5, 5.41) is 5.71. The van der Waals surface area contributed by atoms with E-state index in [1.54, 1.807) is 7.11 Å². The van der Waals surface area contributed by atoms with Crippen LogP contribution in [0.15, 0.2) is 42.6 Å². The van der Waals surface area contributed by atoms with Crippen molar-refractivity contribution in [3.63, 3.8) is 0 Å². The lowest BCUT2D eigenvalue weighted by Gasteiger charge is -2.33. The molecule has 0 aliphatic carbocycles. The molecule has 7 heteroatoms. The Bertz CT molecular complexity index is 725. The number of hydrogen-bond acceptors (Lipinski definition) is 5. The summed E-state index contributed by atoms with van der Waals surface area (Å²) in [6, 6.07) is 11.5. The van der Waals surface area contributed by atoms with E-state index in [1.807, 2.05) is 42.6 Å². The van der Waals surface area contributed by atoms with E-state index in [-0.39, 0.29) is 6.03 Å². The molecule has 0 bridgehead atoms. The maximum atomic E-state index is 12.0. The number of hydrogen-bond donors (Lipinski definition) is 2. The van der Waals surface area contributed by atoms with Crippen molar-refractivity contribution in [2.75, 3.05) is 45.2 Å². The van der Waals surface area contributed by atoms with Gasteiger partial charge in [-0.2, -0.15) is 0 Å². The predicted molar refractivity (Wildman–Crippen MR) is 106 cm³/mol. The molecule has 1 aliphatic rings. The lowest BCUT2D eigenvalue weighted by Crippen LogP contribution is -2.44. The molecule has 2 aromatic rings. The molecule has 1 saturated heterocycles. The molecule has 2 amide bonds. The van der Waals surface area contributed by atoms with Crippen LogP contribution in [0.25, 0.3) is 0 Å². The summed E-state index contributed by atoms with van der Waals surface area (Å²) in [5.41, 5.74) is 2.00. The summed E-state index contributed by atoms with van der Waals surface area (Å²) in [6.45, 7) is 5.02. The van der Waals surface area contributed by atoms with Gasteiger partial charge < -0.3 is 25.2 Å². The molecule has 3 rings (SSSR count). The molecule has 0 unspecified atom stereocenters. The summed E-state index contributed by atoms with van der Waals surface area (Å²) < 4.78 is 5.12. The predicted octanol–water partition coefficient (Wildman–Crippen LogP) is 1.84. The van der Waals surface area contributed by atoms with Crippen LogP contribution in [0.5, 0.6) is 5.75 Å². The number of anilines is 1. The molecule has 27 heavy (non-hydrogen) atoms. The van der Waals surface area contributed by atoms with E-state index >= 15 is 0 Å². The van der Waals surface area contributed by atoms with Gasteiger partial charge in [-0.05, 0) is 36.4 Å². The number of nitrogens with one attached hydrogen (secondary N) is 2. The second kappa shape index (κ2) is 9.23. The minimum absolute atomic E-state index is 0.200. The van der Waals surface area contributed by atoms with Crippen LogP contribution in [-0.4, -0.2) is 56.3 Å². The quantitative estimate of drug-likeness (QED) is 0.813. The first-order chi connectivity index (χ1) is 13.1. The minimum Gasteiger partial charge on any atom is -0.497 e. The molecular formula is C20H27N5O2. The van der Waals surface area contributed by atoms with Crippen LogP contribution in [0.2, 0.25) is 0 Å². The summed E-state index contributed by atoms with van der Waals surface area (Å²) in [6.07, 6.45) is 1.83. The van der Waals surface area contributed by atoms with Gasteiger partial charge in [0.25, 0.3) is 0 Å². The summed E-state index contributed by atoms with van der Waals surface area (Å²) in [7, 11) is 3.77. The Labute approximate surface area is 160 Å². The number of carbonyl (C=O) groups excluding carboxylic acids is 1. The third-order valence-electron chi connectivity index (χ3n) is 4.70. The number of piperazine rings is 1. The number of ether oxygens (including phenoxy) is 1. The van der Waals surface area contributed by atoms with Crippen molar-refractivity contribution in [1.29, 1.82) is 0 Å². The molecule has 0 atom stereocenters.